The number of aliphatic carboxylic acids is 1. The molecular weight excluding hydrogens is 611 g/mol. The largest absolute Gasteiger partial charge is 0.481 e. The zero-order valence-electron chi connectivity index (χ0n) is 26.2. The molecule has 0 radical (unpaired) electrons. The Morgan fingerprint density at radius 2 is 1.76 bits per heavy atom. The lowest BCUT2D eigenvalue weighted by molar-refractivity contribution is -0.148. The van der Waals surface area contributed by atoms with Crippen LogP contribution in [0.25, 0.3) is 0 Å². The third-order valence-electron chi connectivity index (χ3n) is 8.08. The molecule has 3 unspecified atom stereocenters. The number of hydrogen-bond acceptors (Lipinski definition) is 7. The second-order valence-corrected chi connectivity index (χ2v) is 13.1. The Morgan fingerprint density at radius 3 is 2.29 bits per heavy atom. The maximum atomic E-state index is 13.3. The molecule has 1 aliphatic carbocycles. The number of nitrogens with zero attached hydrogens (tertiary/aromatic N) is 2. The molecule has 2 N–H and O–H groups in total. The molecule has 0 spiro atoms. The number of halogens is 3. The molecule has 9 nitrogen and oxygen atoms in total. The van der Waals surface area contributed by atoms with Crippen LogP contribution in [0.15, 0.2) is 29.6 Å². The third kappa shape index (κ3) is 11.1. The van der Waals surface area contributed by atoms with Gasteiger partial charge in [-0.3, -0.25) is 19.2 Å². The Morgan fingerprint density at radius 1 is 1.11 bits per heavy atom. The monoisotopic (exact) mass is 653 g/mol. The number of rotatable bonds is 16. The standard InChI is InChI=1S/C32H42F3N3O6S/c1-18(2)26(38(5)28(40)13-10-21-6-7-21)16-27(44-20(4)39)30-37-25(17-45-30)29(41)36-24(14-19(3)31(42)43)15-22-8-11-23(12-9-22)32(33,34)35/h8-9,11-12,17-19,21,24,26-27H,6-7,10,13-16H2,1-5H3,(H,36,41)(H,42,43)/t19?,24-,26?,27?/m1/s1. The van der Waals surface area contributed by atoms with Gasteiger partial charge in [0.1, 0.15) is 10.7 Å². The van der Waals surface area contributed by atoms with Gasteiger partial charge >= 0.3 is 18.1 Å². The van der Waals surface area contributed by atoms with Crippen molar-refractivity contribution >= 4 is 35.1 Å². The van der Waals surface area contributed by atoms with Crippen LogP contribution in [-0.4, -0.2) is 57.9 Å². The summed E-state index contributed by atoms with van der Waals surface area (Å²) < 4.78 is 44.6. The van der Waals surface area contributed by atoms with E-state index in [4.69, 9.17) is 4.74 Å². The van der Waals surface area contributed by atoms with Crippen LogP contribution in [0.2, 0.25) is 0 Å². The zero-order valence-corrected chi connectivity index (χ0v) is 27.0. The molecule has 1 heterocycles. The number of thiazole rings is 1. The van der Waals surface area contributed by atoms with Crippen molar-refractivity contribution in [1.82, 2.24) is 15.2 Å². The van der Waals surface area contributed by atoms with Crippen molar-refractivity contribution in [1.29, 1.82) is 0 Å². The van der Waals surface area contributed by atoms with Crippen molar-refractivity contribution in [2.45, 2.75) is 97.0 Å². The van der Waals surface area contributed by atoms with Gasteiger partial charge in [-0.2, -0.15) is 13.2 Å². The summed E-state index contributed by atoms with van der Waals surface area (Å²) in [5.41, 5.74) is -0.283. The quantitative estimate of drug-likeness (QED) is 0.204. The van der Waals surface area contributed by atoms with Gasteiger partial charge in [0.2, 0.25) is 5.91 Å². The first-order valence-electron chi connectivity index (χ1n) is 15.1. The summed E-state index contributed by atoms with van der Waals surface area (Å²) >= 11 is 1.12. The van der Waals surface area contributed by atoms with Crippen molar-refractivity contribution < 1.29 is 42.2 Å². The minimum atomic E-state index is -4.49. The first kappa shape index (κ1) is 36.0. The van der Waals surface area contributed by atoms with Crippen LogP contribution in [0.4, 0.5) is 13.2 Å². The van der Waals surface area contributed by atoms with Crippen LogP contribution in [0, 0.1) is 17.8 Å². The fourth-order valence-corrected chi connectivity index (χ4v) is 6.07. The Bertz CT molecular complexity index is 1330. The molecule has 1 aliphatic rings. The van der Waals surface area contributed by atoms with Crippen molar-refractivity contribution in [2.75, 3.05) is 7.05 Å². The minimum Gasteiger partial charge on any atom is -0.481 e. The molecular formula is C32H42F3N3O6S. The van der Waals surface area contributed by atoms with Gasteiger partial charge in [0, 0.05) is 44.3 Å². The SMILES string of the molecule is CC(=O)OC(CC(C(C)C)N(C)C(=O)CCC1CC1)c1nc(C(=O)N[C@@H](Cc2ccc(C(F)(F)F)cc2)CC(C)C(=O)O)cs1. The molecule has 1 aromatic carbocycles. The smallest absolute Gasteiger partial charge is 0.416 e. The van der Waals surface area contributed by atoms with E-state index in [1.54, 1.807) is 11.9 Å². The number of carbonyl (C=O) groups excluding carboxylic acids is 3. The Hall–Kier alpha value is -3.48. The summed E-state index contributed by atoms with van der Waals surface area (Å²) in [5.74, 6) is -2.35. The maximum Gasteiger partial charge on any atom is 0.416 e. The molecule has 0 saturated heterocycles. The van der Waals surface area contributed by atoms with Gasteiger partial charge in [0.15, 0.2) is 6.10 Å². The second kappa shape index (κ2) is 15.7. The summed E-state index contributed by atoms with van der Waals surface area (Å²) in [7, 11) is 1.75. The van der Waals surface area contributed by atoms with Crippen molar-refractivity contribution in [2.24, 2.45) is 17.8 Å². The molecule has 1 saturated carbocycles. The molecule has 4 atom stereocenters. The molecule has 1 fully saturated rings. The number of esters is 1. The van der Waals surface area contributed by atoms with Crippen molar-refractivity contribution in [3.63, 3.8) is 0 Å². The van der Waals surface area contributed by atoms with Crippen LogP contribution < -0.4 is 5.32 Å². The summed E-state index contributed by atoms with van der Waals surface area (Å²) in [6.07, 6.45) is -1.25. The lowest BCUT2D eigenvalue weighted by Crippen LogP contribution is -2.41. The highest BCUT2D eigenvalue weighted by molar-refractivity contribution is 7.09. The molecule has 0 bridgehead atoms. The minimum absolute atomic E-state index is 0.0241. The molecule has 3 rings (SSSR count). The van der Waals surface area contributed by atoms with Gasteiger partial charge in [-0.15, -0.1) is 11.3 Å². The molecule has 2 amide bonds. The van der Waals surface area contributed by atoms with E-state index in [0.29, 0.717) is 22.9 Å². The normalized spacial score (nSPS) is 16.0. The van der Waals surface area contributed by atoms with Crippen LogP contribution in [-0.2, 0) is 31.7 Å². The fraction of sp³-hybridized carbons (Fsp3) is 0.594. The Kier molecular flexibility index (Phi) is 12.5. The van der Waals surface area contributed by atoms with E-state index in [9.17, 15) is 37.5 Å². The number of carboxylic acid groups (broad SMARTS) is 1. The highest BCUT2D eigenvalue weighted by atomic mass is 32.1. The average Bonchev–Trinajstić information content (AvgIpc) is 3.65. The Labute approximate surface area is 265 Å². The Balaban J connectivity index is 1.76. The number of carbonyl (C=O) groups is 4. The number of hydrogen-bond donors (Lipinski definition) is 2. The van der Waals surface area contributed by atoms with E-state index in [1.165, 1.54) is 31.4 Å². The molecule has 2 aromatic rings. The number of amides is 2. The third-order valence-corrected chi connectivity index (χ3v) is 9.01. The number of alkyl halides is 3. The number of aromatic nitrogens is 1. The van der Waals surface area contributed by atoms with Gasteiger partial charge in [0.25, 0.3) is 5.91 Å². The summed E-state index contributed by atoms with van der Waals surface area (Å²) in [6, 6.07) is 3.52. The van der Waals surface area contributed by atoms with E-state index in [2.05, 4.69) is 10.3 Å². The summed E-state index contributed by atoms with van der Waals surface area (Å²) in [6.45, 7) is 6.72. The zero-order chi connectivity index (χ0) is 33.5. The highest BCUT2D eigenvalue weighted by Crippen LogP contribution is 2.35. The predicted molar refractivity (Wildman–Crippen MR) is 162 cm³/mol. The van der Waals surface area contributed by atoms with Gasteiger partial charge in [0.05, 0.1) is 11.5 Å². The van der Waals surface area contributed by atoms with E-state index < -0.39 is 47.6 Å². The summed E-state index contributed by atoms with van der Waals surface area (Å²) in [5, 5.41) is 14.1. The number of ether oxygens (including phenoxy) is 1. The van der Waals surface area contributed by atoms with Crippen LogP contribution >= 0.6 is 11.3 Å². The number of carboxylic acids is 1. The molecule has 13 heteroatoms. The molecule has 1 aromatic heterocycles. The fourth-order valence-electron chi connectivity index (χ4n) is 5.23. The summed E-state index contributed by atoms with van der Waals surface area (Å²) in [4.78, 5) is 56.0. The van der Waals surface area contributed by atoms with E-state index in [-0.39, 0.29) is 42.8 Å². The van der Waals surface area contributed by atoms with Gasteiger partial charge in [-0.25, -0.2) is 4.98 Å². The molecule has 45 heavy (non-hydrogen) atoms. The molecule has 248 valence electrons. The highest BCUT2D eigenvalue weighted by Gasteiger charge is 2.33. The second-order valence-electron chi connectivity index (χ2n) is 12.2. The average molecular weight is 654 g/mol. The van der Waals surface area contributed by atoms with Crippen LogP contribution in [0.5, 0.6) is 0 Å². The van der Waals surface area contributed by atoms with Gasteiger partial charge < -0.3 is 20.1 Å². The number of benzene rings is 1. The van der Waals surface area contributed by atoms with Gasteiger partial charge in [-0.1, -0.05) is 45.7 Å². The van der Waals surface area contributed by atoms with Gasteiger partial charge in [-0.05, 0) is 48.8 Å². The molecule has 0 aliphatic heterocycles. The number of nitrogens with one attached hydrogen (secondary N) is 1. The first-order chi connectivity index (χ1) is 21.0. The van der Waals surface area contributed by atoms with E-state index >= 15 is 0 Å². The maximum absolute atomic E-state index is 13.3. The first-order valence-corrected chi connectivity index (χ1v) is 16.0. The van der Waals surface area contributed by atoms with E-state index in [1.807, 2.05) is 13.8 Å². The van der Waals surface area contributed by atoms with Crippen LogP contribution in [0.1, 0.15) is 98.9 Å². The lowest BCUT2D eigenvalue weighted by Gasteiger charge is -2.33. The van der Waals surface area contributed by atoms with Crippen LogP contribution in [0.3, 0.4) is 0 Å². The topological polar surface area (TPSA) is 126 Å². The van der Waals surface area contributed by atoms with E-state index in [0.717, 1.165) is 42.7 Å². The predicted octanol–water partition coefficient (Wildman–Crippen LogP) is 6.28. The van der Waals surface area contributed by atoms with Crippen molar-refractivity contribution in [3.8, 4) is 0 Å². The van der Waals surface area contributed by atoms with Crippen molar-refractivity contribution in [3.05, 3.63) is 51.5 Å². The lowest BCUT2D eigenvalue weighted by atomic mass is 9.95.